The number of sulfonamides is 1. The number of fused-ring (bicyclic) bond motifs is 2. The number of aromatic amines is 1. The van der Waals surface area contributed by atoms with Crippen molar-refractivity contribution in [1.82, 2.24) is 19.6 Å². The second-order valence-electron chi connectivity index (χ2n) is 9.17. The van der Waals surface area contributed by atoms with Gasteiger partial charge in [0.2, 0.25) is 5.91 Å². The number of imidazole rings is 1. The molecule has 3 atom stereocenters. The Morgan fingerprint density at radius 1 is 1.21 bits per heavy atom. The number of piperidine rings is 1. The molecule has 1 amide bonds. The van der Waals surface area contributed by atoms with E-state index in [1.807, 2.05) is 43.0 Å². The lowest BCUT2D eigenvalue weighted by atomic mass is 9.94. The second-order valence-corrected chi connectivity index (χ2v) is 10.8. The van der Waals surface area contributed by atoms with Crippen LogP contribution in [0.5, 0.6) is 0 Å². The standard InChI is InChI=1S/C25H29N5O3S/c1-3-16(2)22(28-24-18-10-4-7-13-21(18)34(32,33)29-24)25(31)30-14-8-9-17(15-30)23-26-19-11-5-6-12-20(19)27-23/h4-7,10-13,16-17,22H,3,8-9,14-15H2,1-2H3,(H,26,27)(H,28,29)/t16-,17?,22-/m0/s1. The first-order valence-electron chi connectivity index (χ1n) is 11.8. The number of para-hydroxylation sites is 2. The van der Waals surface area contributed by atoms with E-state index in [0.717, 1.165) is 36.1 Å². The summed E-state index contributed by atoms with van der Waals surface area (Å²) in [6.07, 6.45) is 2.59. The van der Waals surface area contributed by atoms with Crippen molar-refractivity contribution in [1.29, 1.82) is 0 Å². The van der Waals surface area contributed by atoms with E-state index in [1.165, 1.54) is 0 Å². The highest BCUT2D eigenvalue weighted by Gasteiger charge is 2.36. The number of carbonyl (C=O) groups is 1. The number of benzene rings is 2. The van der Waals surface area contributed by atoms with Gasteiger partial charge in [-0.2, -0.15) is 0 Å². The smallest absolute Gasteiger partial charge is 0.263 e. The largest absolute Gasteiger partial charge is 0.342 e. The zero-order valence-electron chi connectivity index (χ0n) is 19.4. The van der Waals surface area contributed by atoms with E-state index in [4.69, 9.17) is 9.98 Å². The fourth-order valence-corrected chi connectivity index (χ4v) is 6.01. The van der Waals surface area contributed by atoms with E-state index < -0.39 is 16.1 Å². The van der Waals surface area contributed by atoms with Crippen molar-refractivity contribution < 1.29 is 13.2 Å². The highest BCUT2D eigenvalue weighted by atomic mass is 32.2. The van der Waals surface area contributed by atoms with Gasteiger partial charge in [-0.1, -0.05) is 44.5 Å². The number of aromatic nitrogens is 2. The Balaban J connectivity index is 1.42. The lowest BCUT2D eigenvalue weighted by molar-refractivity contribution is -0.134. The van der Waals surface area contributed by atoms with Crippen LogP contribution in [0.3, 0.4) is 0 Å². The number of hydrogen-bond acceptors (Lipinski definition) is 5. The van der Waals surface area contributed by atoms with Gasteiger partial charge < -0.3 is 9.88 Å². The maximum absolute atomic E-state index is 13.7. The molecule has 0 saturated carbocycles. The molecular weight excluding hydrogens is 450 g/mol. The topological polar surface area (TPSA) is 108 Å². The molecule has 1 aromatic heterocycles. The molecule has 2 N–H and O–H groups in total. The van der Waals surface area contributed by atoms with Gasteiger partial charge in [0.25, 0.3) is 10.0 Å². The summed E-state index contributed by atoms with van der Waals surface area (Å²) in [5.41, 5.74) is 2.44. The Morgan fingerprint density at radius 2 is 1.97 bits per heavy atom. The van der Waals surface area contributed by atoms with E-state index in [-0.39, 0.29) is 28.5 Å². The van der Waals surface area contributed by atoms with Crippen LogP contribution in [-0.4, -0.2) is 54.2 Å². The van der Waals surface area contributed by atoms with Crippen LogP contribution in [0.25, 0.3) is 11.0 Å². The molecule has 8 nitrogen and oxygen atoms in total. The number of likely N-dealkylation sites (tertiary alicyclic amines) is 1. The number of amides is 1. The maximum Gasteiger partial charge on any atom is 0.263 e. The summed E-state index contributed by atoms with van der Waals surface area (Å²) in [6, 6.07) is 14.0. The Bertz CT molecular complexity index is 1330. The molecule has 1 saturated heterocycles. The van der Waals surface area contributed by atoms with Crippen molar-refractivity contribution in [3.63, 3.8) is 0 Å². The Hall–Kier alpha value is -3.20. The lowest BCUT2D eigenvalue weighted by Crippen LogP contribution is -2.46. The fraction of sp³-hybridized carbons (Fsp3) is 0.400. The van der Waals surface area contributed by atoms with Gasteiger partial charge in [-0.15, -0.1) is 0 Å². The van der Waals surface area contributed by atoms with Gasteiger partial charge in [0.05, 0.1) is 15.9 Å². The van der Waals surface area contributed by atoms with Gasteiger partial charge in [0.1, 0.15) is 17.7 Å². The maximum atomic E-state index is 13.7. The number of nitrogens with one attached hydrogen (secondary N) is 2. The van der Waals surface area contributed by atoms with Gasteiger partial charge in [-0.25, -0.2) is 13.4 Å². The Morgan fingerprint density at radius 3 is 2.76 bits per heavy atom. The first-order valence-corrected chi connectivity index (χ1v) is 13.3. The average Bonchev–Trinajstić information content (AvgIpc) is 3.40. The van der Waals surface area contributed by atoms with Crippen molar-refractivity contribution in [2.24, 2.45) is 10.9 Å². The number of amidine groups is 1. The first-order chi connectivity index (χ1) is 16.4. The van der Waals surface area contributed by atoms with E-state index in [1.54, 1.807) is 24.3 Å². The van der Waals surface area contributed by atoms with Crippen LogP contribution in [0.4, 0.5) is 0 Å². The third-order valence-electron chi connectivity index (χ3n) is 6.89. The molecule has 5 rings (SSSR count). The van der Waals surface area contributed by atoms with E-state index in [9.17, 15) is 13.2 Å². The molecule has 3 aromatic rings. The molecule has 34 heavy (non-hydrogen) atoms. The van der Waals surface area contributed by atoms with Crippen LogP contribution in [0, 0.1) is 5.92 Å². The van der Waals surface area contributed by atoms with E-state index >= 15 is 0 Å². The molecule has 2 aromatic carbocycles. The zero-order valence-corrected chi connectivity index (χ0v) is 20.2. The van der Waals surface area contributed by atoms with Crippen molar-refractivity contribution in [3.05, 3.63) is 59.9 Å². The van der Waals surface area contributed by atoms with Crippen molar-refractivity contribution in [2.45, 2.75) is 50.0 Å². The Kier molecular flexibility index (Phi) is 5.89. The minimum atomic E-state index is -3.66. The summed E-state index contributed by atoms with van der Waals surface area (Å²) >= 11 is 0. The number of nitrogens with zero attached hydrogens (tertiary/aromatic N) is 3. The van der Waals surface area contributed by atoms with Crippen LogP contribution in [-0.2, 0) is 14.8 Å². The van der Waals surface area contributed by atoms with Crippen LogP contribution in [0.15, 0.2) is 58.4 Å². The van der Waals surface area contributed by atoms with Crippen LogP contribution < -0.4 is 4.72 Å². The average molecular weight is 480 g/mol. The first kappa shape index (κ1) is 22.6. The van der Waals surface area contributed by atoms with Crippen molar-refractivity contribution in [2.75, 3.05) is 13.1 Å². The molecule has 2 aliphatic heterocycles. The summed E-state index contributed by atoms with van der Waals surface area (Å²) in [5.74, 6) is 1.18. The molecule has 178 valence electrons. The van der Waals surface area contributed by atoms with Gasteiger partial charge in [0.15, 0.2) is 0 Å². The minimum absolute atomic E-state index is 0.0381. The highest BCUT2D eigenvalue weighted by molar-refractivity contribution is 7.90. The Labute approximate surface area is 199 Å². The van der Waals surface area contributed by atoms with Gasteiger partial charge in [-0.3, -0.25) is 14.5 Å². The number of rotatable bonds is 5. The quantitative estimate of drug-likeness (QED) is 0.585. The van der Waals surface area contributed by atoms with Gasteiger partial charge >= 0.3 is 0 Å². The minimum Gasteiger partial charge on any atom is -0.342 e. The third-order valence-corrected chi connectivity index (χ3v) is 8.29. The van der Waals surface area contributed by atoms with Gasteiger partial charge in [-0.05, 0) is 43.0 Å². The molecular formula is C25H29N5O3S. The molecule has 1 fully saturated rings. The summed E-state index contributed by atoms with van der Waals surface area (Å²) in [6.45, 7) is 5.24. The highest BCUT2D eigenvalue weighted by Crippen LogP contribution is 2.29. The SMILES string of the molecule is CC[C@H](C)[C@H](N=C1NS(=O)(=O)c2ccccc21)C(=O)N1CCCC(c2nc3ccccc3[nH]2)C1. The number of hydrogen-bond donors (Lipinski definition) is 2. The lowest BCUT2D eigenvalue weighted by Gasteiger charge is -2.34. The van der Waals surface area contributed by atoms with Crippen LogP contribution in [0.1, 0.15) is 50.4 Å². The monoisotopic (exact) mass is 479 g/mol. The second kappa shape index (κ2) is 8.87. The number of carbonyl (C=O) groups excluding carboxylic acids is 1. The molecule has 2 aliphatic rings. The van der Waals surface area contributed by atoms with Crippen LogP contribution in [0.2, 0.25) is 0 Å². The van der Waals surface area contributed by atoms with Crippen LogP contribution >= 0.6 is 0 Å². The summed E-state index contributed by atoms with van der Waals surface area (Å²) in [4.78, 5) is 28.7. The number of H-pyrrole nitrogens is 1. The molecule has 1 unspecified atom stereocenters. The summed E-state index contributed by atoms with van der Waals surface area (Å²) in [5, 5.41) is 0. The van der Waals surface area contributed by atoms with Crippen molar-refractivity contribution in [3.8, 4) is 0 Å². The molecule has 0 bridgehead atoms. The van der Waals surface area contributed by atoms with E-state index in [2.05, 4.69) is 9.71 Å². The molecule has 0 aliphatic carbocycles. The normalized spacial score (nSPS) is 22.4. The summed E-state index contributed by atoms with van der Waals surface area (Å²) < 4.78 is 27.6. The molecule has 3 heterocycles. The number of aliphatic imine (C=N–C) groups is 1. The predicted octanol–water partition coefficient (Wildman–Crippen LogP) is 3.42. The fourth-order valence-electron chi connectivity index (χ4n) is 4.77. The zero-order chi connectivity index (χ0) is 23.9. The molecule has 0 radical (unpaired) electrons. The van der Waals surface area contributed by atoms with Gasteiger partial charge in [0, 0.05) is 24.6 Å². The van der Waals surface area contributed by atoms with E-state index in [0.29, 0.717) is 18.7 Å². The third kappa shape index (κ3) is 4.09. The molecule has 0 spiro atoms. The summed E-state index contributed by atoms with van der Waals surface area (Å²) in [7, 11) is -3.66. The van der Waals surface area contributed by atoms with Crippen molar-refractivity contribution >= 4 is 32.8 Å². The predicted molar refractivity (Wildman–Crippen MR) is 131 cm³/mol. The molecule has 9 heteroatoms.